The van der Waals surface area contributed by atoms with Crippen molar-refractivity contribution < 1.29 is 59.7 Å². The molecule has 0 spiro atoms. The Hall–Kier alpha value is -5.20. The van der Waals surface area contributed by atoms with Crippen molar-refractivity contribution in [2.45, 2.75) is 70.5 Å². The van der Waals surface area contributed by atoms with Gasteiger partial charge in [0.2, 0.25) is 0 Å². The maximum Gasteiger partial charge on any atom is 0.416 e. The first-order valence-corrected chi connectivity index (χ1v) is 21.5. The van der Waals surface area contributed by atoms with E-state index >= 15 is 0 Å². The Morgan fingerprint density at radius 2 is 1.20 bits per heavy atom. The van der Waals surface area contributed by atoms with E-state index in [0.717, 1.165) is 46.7 Å². The van der Waals surface area contributed by atoms with Crippen LogP contribution in [0.5, 0.6) is 0 Å². The number of Topliss-reactive ketones (excluding diaryl/α,β-unsaturated/α-hetero) is 1. The third-order valence-electron chi connectivity index (χ3n) is 8.53. The van der Waals surface area contributed by atoms with Gasteiger partial charge >= 0.3 is 24.3 Å². The van der Waals surface area contributed by atoms with E-state index in [4.69, 9.17) is 31.5 Å². The van der Waals surface area contributed by atoms with Crippen LogP contribution in [0.25, 0.3) is 10.6 Å². The summed E-state index contributed by atoms with van der Waals surface area (Å²) in [5.74, 6) is -1.48. The van der Waals surface area contributed by atoms with Crippen LogP contribution >= 0.6 is 35.2 Å². The first kappa shape index (κ1) is 53.1. The Kier molecular flexibility index (Phi) is 22.6. The molecule has 1 aromatic heterocycles. The second-order valence-corrected chi connectivity index (χ2v) is 15.3. The van der Waals surface area contributed by atoms with Crippen LogP contribution in [-0.4, -0.2) is 59.5 Å². The van der Waals surface area contributed by atoms with Crippen LogP contribution in [-0.2, 0) is 60.5 Å². The SMILES string of the molecule is CCOC(=O)C(Cl)C(=O)CCCOCc1ccccc1.CCOC(=O)c1sc(-c2ccc(C(F)(F)F)cc2)nc1CCCOCc1ccccc1.NC(=S)c1ccc(C(F)(F)F)cc1. The molecule has 0 bridgehead atoms. The quantitative estimate of drug-likeness (QED) is 0.0213. The summed E-state index contributed by atoms with van der Waals surface area (Å²) in [6.07, 6.45) is -6.82. The first-order valence-electron chi connectivity index (χ1n) is 19.8. The number of esters is 2. The van der Waals surface area contributed by atoms with Crippen LogP contribution in [0.4, 0.5) is 26.3 Å². The van der Waals surface area contributed by atoms with Gasteiger partial charge in [0.05, 0.1) is 43.2 Å². The molecule has 344 valence electrons. The maximum atomic E-state index is 12.8. The van der Waals surface area contributed by atoms with Crippen LogP contribution in [0.2, 0.25) is 0 Å². The van der Waals surface area contributed by atoms with Crippen LogP contribution in [0.15, 0.2) is 109 Å². The Morgan fingerprint density at radius 1 is 0.719 bits per heavy atom. The van der Waals surface area contributed by atoms with Crippen molar-refractivity contribution in [2.75, 3.05) is 26.4 Å². The van der Waals surface area contributed by atoms with Gasteiger partial charge < -0.3 is 24.7 Å². The van der Waals surface area contributed by atoms with E-state index in [0.29, 0.717) is 72.4 Å². The van der Waals surface area contributed by atoms with Crippen molar-refractivity contribution in [2.24, 2.45) is 5.73 Å². The van der Waals surface area contributed by atoms with Crippen molar-refractivity contribution in [1.82, 2.24) is 4.98 Å². The number of rotatable bonds is 19. The lowest BCUT2D eigenvalue weighted by Crippen LogP contribution is -2.26. The summed E-state index contributed by atoms with van der Waals surface area (Å²) in [5.41, 5.74) is 7.48. The van der Waals surface area contributed by atoms with E-state index in [-0.39, 0.29) is 30.4 Å². The minimum absolute atomic E-state index is 0.0914. The van der Waals surface area contributed by atoms with E-state index in [1.165, 1.54) is 24.3 Å². The molecular formula is C46H47ClF6N2O7S2. The third-order valence-corrected chi connectivity index (χ3v) is 10.3. The number of ether oxygens (including phenoxy) is 4. The van der Waals surface area contributed by atoms with Crippen LogP contribution in [0, 0.1) is 0 Å². The smallest absolute Gasteiger partial charge is 0.416 e. The summed E-state index contributed by atoms with van der Waals surface area (Å²) < 4.78 is 95.5. The molecule has 0 aliphatic heterocycles. The number of carbonyl (C=O) groups is 3. The molecule has 4 aromatic carbocycles. The van der Waals surface area contributed by atoms with Gasteiger partial charge in [-0.05, 0) is 68.5 Å². The highest BCUT2D eigenvalue weighted by Crippen LogP contribution is 2.34. The standard InChI is InChI=1S/C23H22F3NO3S.C15H19ClO4.C8H6F3NS/c1-2-30-22(28)20-19(9-6-14-29-15-16-7-4-3-5-8-16)27-21(31-20)17-10-12-18(13-11-17)23(24,25)26;1-2-20-15(18)14(16)13(17)9-6-10-19-11-12-7-4-3-5-8-12;9-8(10,11)6-3-1-5(2-4-6)7(12)13/h3-5,7-8,10-13H,2,6,9,14-15H2,1H3;3-5,7-8,14H,2,6,9-11H2,1H3;1-4H,(H2,12,13). The number of nitrogens with zero attached hydrogens (tertiary/aromatic N) is 1. The average Bonchev–Trinajstić information content (AvgIpc) is 3.71. The fourth-order valence-corrected chi connectivity index (χ4v) is 6.64. The first-order chi connectivity index (χ1) is 30.4. The number of alkyl halides is 7. The third kappa shape index (κ3) is 18.9. The zero-order chi connectivity index (χ0) is 47.1. The lowest BCUT2D eigenvalue weighted by molar-refractivity contribution is -0.145. The van der Waals surface area contributed by atoms with Gasteiger partial charge in [0.1, 0.15) is 14.9 Å². The molecule has 0 aliphatic rings. The van der Waals surface area contributed by atoms with E-state index < -0.39 is 40.8 Å². The summed E-state index contributed by atoms with van der Waals surface area (Å²) in [5, 5.41) is -0.721. The van der Waals surface area contributed by atoms with Crippen LogP contribution in [0.1, 0.15) is 76.3 Å². The van der Waals surface area contributed by atoms with Gasteiger partial charge in [-0.15, -0.1) is 22.9 Å². The molecule has 0 amide bonds. The van der Waals surface area contributed by atoms with Gasteiger partial charge in [-0.3, -0.25) is 4.79 Å². The van der Waals surface area contributed by atoms with Crippen LogP contribution in [0.3, 0.4) is 0 Å². The number of aryl methyl sites for hydroxylation is 1. The van der Waals surface area contributed by atoms with Crippen molar-refractivity contribution in [3.05, 3.63) is 148 Å². The Balaban J connectivity index is 0.000000282. The predicted octanol–water partition coefficient (Wildman–Crippen LogP) is 11.2. The molecule has 5 aromatic rings. The second-order valence-electron chi connectivity index (χ2n) is 13.4. The molecule has 64 heavy (non-hydrogen) atoms. The van der Waals surface area contributed by atoms with Crippen LogP contribution < -0.4 is 5.73 Å². The zero-order valence-electron chi connectivity index (χ0n) is 34.9. The number of nitrogens with two attached hydrogens (primary N) is 1. The van der Waals surface area contributed by atoms with Gasteiger partial charge in [-0.1, -0.05) is 97.1 Å². The molecule has 1 atom stereocenters. The molecule has 0 saturated heterocycles. The minimum atomic E-state index is -4.40. The van der Waals surface area contributed by atoms with Crippen molar-refractivity contribution >= 4 is 57.9 Å². The Bertz CT molecular complexity index is 2190. The maximum absolute atomic E-state index is 12.8. The van der Waals surface area contributed by atoms with Crippen molar-refractivity contribution in [3.8, 4) is 10.6 Å². The van der Waals surface area contributed by atoms with E-state index in [1.54, 1.807) is 13.8 Å². The highest BCUT2D eigenvalue weighted by Gasteiger charge is 2.31. The molecule has 9 nitrogen and oxygen atoms in total. The number of thiocarbonyl (C=S) groups is 1. The number of hydrogen-bond acceptors (Lipinski definition) is 10. The molecule has 0 fully saturated rings. The monoisotopic (exact) mass is 952 g/mol. The molecular weight excluding hydrogens is 906 g/mol. The summed E-state index contributed by atoms with van der Waals surface area (Å²) in [4.78, 5) is 40.2. The molecule has 0 radical (unpaired) electrons. The van der Waals surface area contributed by atoms with Gasteiger partial charge in [0, 0.05) is 30.8 Å². The summed E-state index contributed by atoms with van der Waals surface area (Å²) in [6.45, 7) is 5.78. The summed E-state index contributed by atoms with van der Waals surface area (Å²) in [6, 6.07) is 28.7. The highest BCUT2D eigenvalue weighted by molar-refractivity contribution is 7.80. The second kappa shape index (κ2) is 27.2. The fourth-order valence-electron chi connectivity index (χ4n) is 5.32. The van der Waals surface area contributed by atoms with Gasteiger partial charge in [0.15, 0.2) is 11.2 Å². The molecule has 0 saturated carbocycles. The van der Waals surface area contributed by atoms with E-state index in [9.17, 15) is 40.7 Å². The number of thiazole rings is 1. The average molecular weight is 953 g/mol. The largest absolute Gasteiger partial charge is 0.465 e. The molecule has 1 unspecified atom stereocenters. The topological polar surface area (TPSA) is 127 Å². The van der Waals surface area contributed by atoms with Gasteiger partial charge in [0.25, 0.3) is 0 Å². The summed E-state index contributed by atoms with van der Waals surface area (Å²) >= 11 is 11.4. The number of carbonyl (C=O) groups excluding carboxylic acids is 3. The number of halogens is 7. The van der Waals surface area contributed by atoms with Crippen molar-refractivity contribution in [3.63, 3.8) is 0 Å². The molecule has 18 heteroatoms. The molecule has 1 heterocycles. The Labute approximate surface area is 381 Å². The summed E-state index contributed by atoms with van der Waals surface area (Å²) in [7, 11) is 0. The number of benzene rings is 4. The minimum Gasteiger partial charge on any atom is -0.465 e. The Morgan fingerprint density at radius 3 is 1.67 bits per heavy atom. The number of hydrogen-bond donors (Lipinski definition) is 1. The highest BCUT2D eigenvalue weighted by atomic mass is 35.5. The van der Waals surface area contributed by atoms with Gasteiger partial charge in [-0.2, -0.15) is 26.3 Å². The number of ketones is 1. The zero-order valence-corrected chi connectivity index (χ0v) is 37.3. The normalized spacial score (nSPS) is 11.6. The van der Waals surface area contributed by atoms with E-state index in [1.807, 2.05) is 60.7 Å². The predicted molar refractivity (Wildman–Crippen MR) is 237 cm³/mol. The molecule has 2 N–H and O–H groups in total. The fraction of sp³-hybridized carbons (Fsp3) is 0.326. The van der Waals surface area contributed by atoms with Crippen molar-refractivity contribution in [1.29, 1.82) is 0 Å². The lowest BCUT2D eigenvalue weighted by atomic mass is 10.1. The molecule has 5 rings (SSSR count). The number of aromatic nitrogens is 1. The molecule has 0 aliphatic carbocycles. The lowest BCUT2D eigenvalue weighted by Gasteiger charge is -2.08. The van der Waals surface area contributed by atoms with Gasteiger partial charge in [-0.25, -0.2) is 14.6 Å². The van der Waals surface area contributed by atoms with E-state index in [2.05, 4.69) is 21.9 Å².